The smallest absolute Gasteiger partial charge is 0.341 e. The molecule has 1 aromatic carbocycles. The lowest BCUT2D eigenvalue weighted by atomic mass is 10.2. The Hall–Kier alpha value is -2.44. The molecule has 0 unspecified atom stereocenters. The SMILES string of the molecule is C#CCN1C(=O)S/C(=C/c2cc(OC)c(OCC(=O)O)cc2Br)C1=O. The first-order valence-corrected chi connectivity index (χ1v) is 8.39. The van der Waals surface area contributed by atoms with Crippen molar-refractivity contribution >= 4 is 50.9 Å². The maximum absolute atomic E-state index is 12.2. The Kier molecular flexibility index (Phi) is 6.12. The highest BCUT2D eigenvalue weighted by Crippen LogP contribution is 2.37. The molecule has 2 rings (SSSR count). The molecule has 7 nitrogen and oxygen atoms in total. The van der Waals surface area contributed by atoms with Crippen molar-refractivity contribution in [3.63, 3.8) is 0 Å². The zero-order valence-electron chi connectivity index (χ0n) is 12.9. The molecule has 25 heavy (non-hydrogen) atoms. The second-order valence-corrected chi connectivity index (χ2v) is 6.53. The average molecular weight is 426 g/mol. The van der Waals surface area contributed by atoms with Crippen LogP contribution in [-0.4, -0.2) is 47.4 Å². The number of thioether (sulfide) groups is 1. The largest absolute Gasteiger partial charge is 0.493 e. The third-order valence-electron chi connectivity index (χ3n) is 3.04. The van der Waals surface area contributed by atoms with E-state index >= 15 is 0 Å². The van der Waals surface area contributed by atoms with E-state index in [1.807, 2.05) is 0 Å². The number of methoxy groups -OCH3 is 1. The van der Waals surface area contributed by atoms with Gasteiger partial charge in [-0.15, -0.1) is 6.42 Å². The van der Waals surface area contributed by atoms with Gasteiger partial charge in [0.25, 0.3) is 11.1 Å². The highest BCUT2D eigenvalue weighted by molar-refractivity contribution is 9.10. The van der Waals surface area contributed by atoms with Gasteiger partial charge in [0.1, 0.15) is 0 Å². The quantitative estimate of drug-likeness (QED) is 0.552. The summed E-state index contributed by atoms with van der Waals surface area (Å²) < 4.78 is 10.9. The van der Waals surface area contributed by atoms with Crippen molar-refractivity contribution in [1.82, 2.24) is 4.90 Å². The van der Waals surface area contributed by atoms with Crippen molar-refractivity contribution in [3.05, 3.63) is 27.1 Å². The Labute approximate surface area is 156 Å². The maximum atomic E-state index is 12.2. The Morgan fingerprint density at radius 3 is 2.76 bits per heavy atom. The predicted octanol–water partition coefficient (Wildman–Crippen LogP) is 2.59. The van der Waals surface area contributed by atoms with Crippen molar-refractivity contribution in [2.75, 3.05) is 20.3 Å². The molecule has 1 aliphatic rings. The average Bonchev–Trinajstić information content (AvgIpc) is 2.82. The summed E-state index contributed by atoms with van der Waals surface area (Å²) in [4.78, 5) is 35.8. The van der Waals surface area contributed by atoms with Crippen LogP contribution in [0.2, 0.25) is 0 Å². The van der Waals surface area contributed by atoms with Crippen molar-refractivity contribution in [2.45, 2.75) is 0 Å². The van der Waals surface area contributed by atoms with Gasteiger partial charge in [0.15, 0.2) is 18.1 Å². The number of carboxylic acids is 1. The fraction of sp³-hybridized carbons (Fsp3) is 0.188. The van der Waals surface area contributed by atoms with E-state index < -0.39 is 23.7 Å². The van der Waals surface area contributed by atoms with E-state index in [4.69, 9.17) is 21.0 Å². The first kappa shape index (κ1) is 18.9. The van der Waals surface area contributed by atoms with Gasteiger partial charge in [0.05, 0.1) is 18.6 Å². The summed E-state index contributed by atoms with van der Waals surface area (Å²) in [5, 5.41) is 8.26. The van der Waals surface area contributed by atoms with Crippen LogP contribution < -0.4 is 9.47 Å². The van der Waals surface area contributed by atoms with E-state index in [1.165, 1.54) is 19.3 Å². The van der Waals surface area contributed by atoms with Crippen LogP contribution in [-0.2, 0) is 9.59 Å². The number of aliphatic carboxylic acids is 1. The Morgan fingerprint density at radius 2 is 2.16 bits per heavy atom. The number of carbonyl (C=O) groups is 3. The van der Waals surface area contributed by atoms with Crippen LogP contribution in [0.25, 0.3) is 6.08 Å². The molecule has 0 atom stereocenters. The van der Waals surface area contributed by atoms with Gasteiger partial charge in [-0.05, 0) is 35.5 Å². The van der Waals surface area contributed by atoms with E-state index in [2.05, 4.69) is 21.9 Å². The molecular weight excluding hydrogens is 414 g/mol. The molecule has 130 valence electrons. The van der Waals surface area contributed by atoms with Gasteiger partial charge >= 0.3 is 5.97 Å². The summed E-state index contributed by atoms with van der Waals surface area (Å²) in [5.74, 6) is 1.20. The van der Waals surface area contributed by atoms with E-state index in [1.54, 1.807) is 6.07 Å². The summed E-state index contributed by atoms with van der Waals surface area (Å²) in [6, 6.07) is 3.09. The zero-order valence-corrected chi connectivity index (χ0v) is 15.3. The van der Waals surface area contributed by atoms with Crippen LogP contribution in [0.1, 0.15) is 5.56 Å². The zero-order chi connectivity index (χ0) is 18.6. The summed E-state index contributed by atoms with van der Waals surface area (Å²) in [7, 11) is 1.40. The van der Waals surface area contributed by atoms with Gasteiger partial charge in [-0.25, -0.2) is 4.79 Å². The minimum atomic E-state index is -1.12. The standard InChI is InChI=1S/C16H12BrNO6S/c1-3-4-18-15(21)13(25-16(18)22)6-9-5-11(23-2)12(7-10(9)17)24-8-14(19)20/h1,5-7H,4,8H2,2H3,(H,19,20)/b13-6+. The monoisotopic (exact) mass is 425 g/mol. The highest BCUT2D eigenvalue weighted by Gasteiger charge is 2.34. The molecule has 0 aliphatic carbocycles. The fourth-order valence-corrected chi connectivity index (χ4v) is 3.21. The van der Waals surface area contributed by atoms with Crippen LogP contribution in [0, 0.1) is 12.3 Å². The number of amides is 2. The molecule has 1 aromatic rings. The Balaban J connectivity index is 2.34. The normalized spacial score (nSPS) is 15.4. The predicted molar refractivity (Wildman–Crippen MR) is 95.3 cm³/mol. The van der Waals surface area contributed by atoms with Crippen LogP contribution in [0.5, 0.6) is 11.5 Å². The minimum Gasteiger partial charge on any atom is -0.493 e. The molecule has 0 spiro atoms. The number of ether oxygens (including phenoxy) is 2. The van der Waals surface area contributed by atoms with Crippen molar-refractivity contribution in [1.29, 1.82) is 0 Å². The first-order chi connectivity index (χ1) is 11.9. The second kappa shape index (κ2) is 8.09. The number of halogens is 1. The number of hydrogen-bond acceptors (Lipinski definition) is 6. The number of carboxylic acid groups (broad SMARTS) is 1. The second-order valence-electron chi connectivity index (χ2n) is 4.68. The van der Waals surface area contributed by atoms with Gasteiger partial charge in [-0.3, -0.25) is 14.5 Å². The molecule has 1 heterocycles. The molecule has 1 N–H and O–H groups in total. The van der Waals surface area contributed by atoms with Gasteiger partial charge in [-0.1, -0.05) is 21.9 Å². The molecule has 0 bridgehead atoms. The van der Waals surface area contributed by atoms with Crippen LogP contribution >= 0.6 is 27.7 Å². The Morgan fingerprint density at radius 1 is 1.44 bits per heavy atom. The van der Waals surface area contributed by atoms with Crippen molar-refractivity contribution in [3.8, 4) is 23.8 Å². The van der Waals surface area contributed by atoms with E-state index in [0.29, 0.717) is 15.8 Å². The first-order valence-electron chi connectivity index (χ1n) is 6.78. The fourth-order valence-electron chi connectivity index (χ4n) is 1.94. The molecule has 0 saturated carbocycles. The Bertz CT molecular complexity index is 814. The van der Waals surface area contributed by atoms with Gasteiger partial charge < -0.3 is 14.6 Å². The van der Waals surface area contributed by atoms with Gasteiger partial charge in [0.2, 0.25) is 0 Å². The minimum absolute atomic E-state index is 0.0888. The van der Waals surface area contributed by atoms with E-state index in [0.717, 1.165) is 16.7 Å². The molecule has 1 saturated heterocycles. The molecule has 1 fully saturated rings. The number of hydrogen-bond donors (Lipinski definition) is 1. The molecular formula is C16H12BrNO6S. The summed E-state index contributed by atoms with van der Waals surface area (Å²) in [6.07, 6.45) is 6.68. The third kappa shape index (κ3) is 4.35. The number of rotatable bonds is 6. The maximum Gasteiger partial charge on any atom is 0.341 e. The van der Waals surface area contributed by atoms with Gasteiger partial charge in [-0.2, -0.15) is 0 Å². The topological polar surface area (TPSA) is 93.1 Å². The van der Waals surface area contributed by atoms with Gasteiger partial charge in [0, 0.05) is 4.47 Å². The van der Waals surface area contributed by atoms with Crippen LogP contribution in [0.3, 0.4) is 0 Å². The number of terminal acetylenes is 1. The number of benzene rings is 1. The number of carbonyl (C=O) groups excluding carboxylic acids is 2. The summed E-state index contributed by atoms with van der Waals surface area (Å²) >= 11 is 4.12. The molecule has 9 heteroatoms. The van der Waals surface area contributed by atoms with E-state index in [-0.39, 0.29) is 17.2 Å². The van der Waals surface area contributed by atoms with Crippen molar-refractivity contribution in [2.24, 2.45) is 0 Å². The van der Waals surface area contributed by atoms with Crippen LogP contribution in [0.15, 0.2) is 21.5 Å². The van der Waals surface area contributed by atoms with E-state index in [9.17, 15) is 14.4 Å². The highest BCUT2D eigenvalue weighted by atomic mass is 79.9. The molecule has 2 amide bonds. The number of nitrogens with zero attached hydrogens (tertiary/aromatic N) is 1. The lowest BCUT2D eigenvalue weighted by molar-refractivity contribution is -0.139. The van der Waals surface area contributed by atoms with Crippen molar-refractivity contribution < 1.29 is 29.0 Å². The number of imide groups is 1. The summed E-state index contributed by atoms with van der Waals surface area (Å²) in [5.41, 5.74) is 0.561. The molecule has 0 radical (unpaired) electrons. The third-order valence-corrected chi connectivity index (χ3v) is 4.64. The summed E-state index contributed by atoms with van der Waals surface area (Å²) in [6.45, 7) is -0.610. The molecule has 0 aromatic heterocycles. The van der Waals surface area contributed by atoms with Crippen LogP contribution in [0.4, 0.5) is 4.79 Å². The lowest BCUT2D eigenvalue weighted by Crippen LogP contribution is -2.28. The molecule has 1 aliphatic heterocycles. The lowest BCUT2D eigenvalue weighted by Gasteiger charge is -2.11.